The zero-order valence-electron chi connectivity index (χ0n) is 14.3. The molecule has 1 aliphatic rings. The van der Waals surface area contributed by atoms with Gasteiger partial charge in [0.15, 0.2) is 5.82 Å². The number of hydrogen-bond acceptors (Lipinski definition) is 2. The minimum Gasteiger partial charge on any atom is -0.237 e. The van der Waals surface area contributed by atoms with Gasteiger partial charge in [0, 0.05) is 22.6 Å². The quantitative estimate of drug-likeness (QED) is 0.488. The van der Waals surface area contributed by atoms with Crippen LogP contribution in [0.15, 0.2) is 72.9 Å². The second kappa shape index (κ2) is 5.10. The summed E-state index contributed by atoms with van der Waals surface area (Å²) in [7, 11) is -1.86. The maximum absolute atomic E-state index is 5.05. The Kier molecular flexibility index (Phi) is 2.97. The SMILES string of the molecule is C[Si]1(C)c2nc(-c3ccccc3)ncc2-c2ccc3ccccc3c21. The summed E-state index contributed by atoms with van der Waals surface area (Å²) in [6.07, 6.45) is 2.03. The normalized spacial score (nSPS) is 14.3. The van der Waals surface area contributed by atoms with Crippen molar-refractivity contribution in [3.05, 3.63) is 72.9 Å². The molecule has 0 aliphatic carbocycles. The van der Waals surface area contributed by atoms with Crippen LogP contribution in [0.2, 0.25) is 13.1 Å². The highest BCUT2D eigenvalue weighted by Crippen LogP contribution is 2.31. The van der Waals surface area contributed by atoms with Crippen LogP contribution in [0.25, 0.3) is 33.3 Å². The third-order valence-electron chi connectivity index (χ3n) is 5.26. The number of benzene rings is 3. The van der Waals surface area contributed by atoms with Crippen molar-refractivity contribution in [3.8, 4) is 22.5 Å². The molecule has 4 aromatic rings. The average Bonchev–Trinajstić information content (AvgIpc) is 2.90. The molecule has 0 radical (unpaired) electrons. The van der Waals surface area contributed by atoms with E-state index in [1.54, 1.807) is 0 Å². The van der Waals surface area contributed by atoms with Gasteiger partial charge in [-0.1, -0.05) is 79.8 Å². The first-order chi connectivity index (χ1) is 12.2. The maximum Gasteiger partial charge on any atom is 0.159 e. The highest BCUT2D eigenvalue weighted by Gasteiger charge is 2.40. The number of hydrogen-bond donors (Lipinski definition) is 0. The monoisotopic (exact) mass is 338 g/mol. The second-order valence-corrected chi connectivity index (χ2v) is 11.4. The molecular weight excluding hydrogens is 320 g/mol. The Balaban J connectivity index is 1.79. The van der Waals surface area contributed by atoms with Gasteiger partial charge in [-0.3, -0.25) is 0 Å². The standard InChI is InChI=1S/C22H18N2Si/c1-25(2)20-17-11-7-6-8-15(17)12-13-18(20)19-14-23-21(24-22(19)25)16-9-4-3-5-10-16/h3-14H,1-2H3. The van der Waals surface area contributed by atoms with E-state index in [0.29, 0.717) is 0 Å². The van der Waals surface area contributed by atoms with Crippen molar-refractivity contribution in [2.75, 3.05) is 0 Å². The van der Waals surface area contributed by atoms with Crippen LogP contribution >= 0.6 is 0 Å². The Morgan fingerprint density at radius 1 is 0.760 bits per heavy atom. The van der Waals surface area contributed by atoms with Gasteiger partial charge in [0.05, 0.1) is 0 Å². The summed E-state index contributed by atoms with van der Waals surface area (Å²) in [4.78, 5) is 9.72. The van der Waals surface area contributed by atoms with E-state index < -0.39 is 8.07 Å². The molecule has 0 unspecified atom stereocenters. The topological polar surface area (TPSA) is 25.8 Å². The van der Waals surface area contributed by atoms with Crippen molar-refractivity contribution >= 4 is 29.4 Å². The molecule has 2 nitrogen and oxygen atoms in total. The molecule has 0 saturated heterocycles. The molecule has 25 heavy (non-hydrogen) atoms. The van der Waals surface area contributed by atoms with E-state index in [4.69, 9.17) is 4.98 Å². The van der Waals surface area contributed by atoms with E-state index in [1.807, 2.05) is 24.4 Å². The lowest BCUT2D eigenvalue weighted by Crippen LogP contribution is -2.51. The van der Waals surface area contributed by atoms with E-state index in [9.17, 15) is 0 Å². The van der Waals surface area contributed by atoms with Gasteiger partial charge in [-0.05, 0) is 21.5 Å². The Labute approximate surface area is 148 Å². The fourth-order valence-corrected chi connectivity index (χ4v) is 7.36. The van der Waals surface area contributed by atoms with E-state index in [1.165, 1.54) is 32.4 Å². The molecule has 5 rings (SSSR count). The Hall–Kier alpha value is -2.78. The molecule has 2 heterocycles. The van der Waals surface area contributed by atoms with Gasteiger partial charge in [0.2, 0.25) is 0 Å². The lowest BCUT2D eigenvalue weighted by Gasteiger charge is -2.19. The average molecular weight is 338 g/mol. The second-order valence-electron chi connectivity index (χ2n) is 7.16. The summed E-state index contributed by atoms with van der Waals surface area (Å²) in [6, 6.07) is 23.4. The van der Waals surface area contributed by atoms with Gasteiger partial charge in [-0.2, -0.15) is 0 Å². The lowest BCUT2D eigenvalue weighted by molar-refractivity contribution is 1.21. The van der Waals surface area contributed by atoms with Crippen molar-refractivity contribution in [1.82, 2.24) is 9.97 Å². The molecule has 1 aromatic heterocycles. The van der Waals surface area contributed by atoms with Crippen LogP contribution in [0, 0.1) is 0 Å². The summed E-state index contributed by atoms with van der Waals surface area (Å²) < 4.78 is 0. The molecule has 0 amide bonds. The number of rotatable bonds is 1. The first-order valence-corrected chi connectivity index (χ1v) is 11.6. The van der Waals surface area contributed by atoms with Crippen LogP contribution in [-0.2, 0) is 0 Å². The highest BCUT2D eigenvalue weighted by molar-refractivity contribution is 7.04. The summed E-state index contributed by atoms with van der Waals surface area (Å²) >= 11 is 0. The van der Waals surface area contributed by atoms with Crippen molar-refractivity contribution < 1.29 is 0 Å². The van der Waals surface area contributed by atoms with Crippen molar-refractivity contribution in [2.24, 2.45) is 0 Å². The van der Waals surface area contributed by atoms with E-state index >= 15 is 0 Å². The Morgan fingerprint density at radius 3 is 2.36 bits per heavy atom. The smallest absolute Gasteiger partial charge is 0.159 e. The van der Waals surface area contributed by atoms with E-state index in [0.717, 1.165) is 11.4 Å². The van der Waals surface area contributed by atoms with Gasteiger partial charge in [-0.15, -0.1) is 0 Å². The van der Waals surface area contributed by atoms with Crippen molar-refractivity contribution in [2.45, 2.75) is 13.1 Å². The molecule has 0 atom stereocenters. The van der Waals surface area contributed by atoms with Gasteiger partial charge in [0.1, 0.15) is 8.07 Å². The first-order valence-electron chi connectivity index (χ1n) is 8.62. The van der Waals surface area contributed by atoms with Crippen LogP contribution in [0.4, 0.5) is 0 Å². The van der Waals surface area contributed by atoms with Gasteiger partial charge < -0.3 is 0 Å². The van der Waals surface area contributed by atoms with E-state index in [2.05, 4.69) is 66.6 Å². The molecule has 3 aromatic carbocycles. The summed E-state index contributed by atoms with van der Waals surface area (Å²) in [5, 5.41) is 5.44. The van der Waals surface area contributed by atoms with Crippen LogP contribution in [0.3, 0.4) is 0 Å². The van der Waals surface area contributed by atoms with Crippen molar-refractivity contribution in [1.29, 1.82) is 0 Å². The highest BCUT2D eigenvalue weighted by atomic mass is 28.3. The molecular formula is C22H18N2Si. The lowest BCUT2D eigenvalue weighted by atomic mass is 10.0. The molecule has 3 heteroatoms. The fourth-order valence-electron chi connectivity index (χ4n) is 4.07. The number of aromatic nitrogens is 2. The van der Waals surface area contributed by atoms with Crippen LogP contribution in [0.1, 0.15) is 0 Å². The molecule has 0 bridgehead atoms. The fraction of sp³-hybridized carbons (Fsp3) is 0.0909. The zero-order chi connectivity index (χ0) is 17.0. The predicted octanol–water partition coefficient (Wildman–Crippen LogP) is 4.10. The Bertz CT molecular complexity index is 1120. The molecule has 120 valence electrons. The molecule has 0 spiro atoms. The zero-order valence-corrected chi connectivity index (χ0v) is 15.3. The van der Waals surface area contributed by atoms with Crippen LogP contribution < -0.4 is 10.5 Å². The maximum atomic E-state index is 5.05. The molecule has 1 aliphatic heterocycles. The largest absolute Gasteiger partial charge is 0.237 e. The number of nitrogens with zero attached hydrogens (tertiary/aromatic N) is 2. The summed E-state index contributed by atoms with van der Waals surface area (Å²) in [5.41, 5.74) is 3.62. The van der Waals surface area contributed by atoms with Crippen molar-refractivity contribution in [3.63, 3.8) is 0 Å². The van der Waals surface area contributed by atoms with Crippen LogP contribution in [0.5, 0.6) is 0 Å². The summed E-state index contributed by atoms with van der Waals surface area (Å²) in [6.45, 7) is 4.82. The van der Waals surface area contributed by atoms with Gasteiger partial charge in [-0.25, -0.2) is 9.97 Å². The molecule has 0 saturated carbocycles. The third kappa shape index (κ3) is 2.02. The minimum absolute atomic E-state index is 0.831. The Morgan fingerprint density at radius 2 is 1.52 bits per heavy atom. The third-order valence-corrected chi connectivity index (χ3v) is 8.61. The first kappa shape index (κ1) is 14.6. The van der Waals surface area contributed by atoms with Gasteiger partial charge in [0.25, 0.3) is 0 Å². The predicted molar refractivity (Wildman–Crippen MR) is 107 cm³/mol. The number of fused-ring (bicyclic) bond motifs is 5. The van der Waals surface area contributed by atoms with Gasteiger partial charge >= 0.3 is 0 Å². The van der Waals surface area contributed by atoms with Crippen LogP contribution in [-0.4, -0.2) is 18.0 Å². The molecule has 0 fully saturated rings. The molecule has 0 N–H and O–H groups in total. The summed E-state index contributed by atoms with van der Waals surface area (Å²) in [5.74, 6) is 0.831. The van der Waals surface area contributed by atoms with E-state index in [-0.39, 0.29) is 0 Å². The minimum atomic E-state index is -1.86.